The Balaban J connectivity index is 2.48. The van der Waals surface area contributed by atoms with Crippen LogP contribution in [0.25, 0.3) is 11.6 Å². The highest BCUT2D eigenvalue weighted by molar-refractivity contribution is 5.90. The van der Waals surface area contributed by atoms with Gasteiger partial charge in [-0.3, -0.25) is 0 Å². The SMILES string of the molecule is COc1cc(/C(C#N)=C/c2ccc(C(F)(F)F)cc2)cc(OC)c1OC. The van der Waals surface area contributed by atoms with Crippen LogP contribution in [-0.4, -0.2) is 21.3 Å². The summed E-state index contributed by atoms with van der Waals surface area (Å²) in [6.45, 7) is 0. The first kappa shape index (κ1) is 19.2. The minimum atomic E-state index is -4.41. The van der Waals surface area contributed by atoms with Crippen LogP contribution in [0.3, 0.4) is 0 Å². The molecule has 26 heavy (non-hydrogen) atoms. The van der Waals surface area contributed by atoms with Crippen LogP contribution < -0.4 is 14.2 Å². The first-order chi connectivity index (χ1) is 12.3. The van der Waals surface area contributed by atoms with Gasteiger partial charge in [-0.25, -0.2) is 0 Å². The second kappa shape index (κ2) is 7.83. The van der Waals surface area contributed by atoms with E-state index in [1.54, 1.807) is 12.1 Å². The average molecular weight is 363 g/mol. The van der Waals surface area contributed by atoms with Crippen LogP contribution in [0.5, 0.6) is 17.2 Å². The molecule has 0 saturated heterocycles. The zero-order valence-corrected chi connectivity index (χ0v) is 14.3. The molecule has 0 spiro atoms. The number of halogens is 3. The van der Waals surface area contributed by atoms with Crippen molar-refractivity contribution in [3.8, 4) is 23.3 Å². The van der Waals surface area contributed by atoms with Crippen LogP contribution in [0, 0.1) is 11.3 Å². The van der Waals surface area contributed by atoms with Crippen molar-refractivity contribution < 1.29 is 27.4 Å². The summed E-state index contributed by atoms with van der Waals surface area (Å²) in [6, 6.07) is 9.78. The van der Waals surface area contributed by atoms with E-state index < -0.39 is 11.7 Å². The van der Waals surface area contributed by atoms with E-state index in [0.29, 0.717) is 28.4 Å². The lowest BCUT2D eigenvalue weighted by atomic mass is 10.0. The molecule has 2 rings (SSSR count). The van der Waals surface area contributed by atoms with Crippen LogP contribution in [0.2, 0.25) is 0 Å². The first-order valence-electron chi connectivity index (χ1n) is 7.43. The number of ether oxygens (including phenoxy) is 3. The zero-order chi connectivity index (χ0) is 19.3. The summed E-state index contributed by atoms with van der Waals surface area (Å²) in [7, 11) is 4.36. The van der Waals surface area contributed by atoms with Crippen LogP contribution in [0.1, 0.15) is 16.7 Å². The number of nitriles is 1. The molecule has 0 aliphatic heterocycles. The third kappa shape index (κ3) is 4.09. The summed E-state index contributed by atoms with van der Waals surface area (Å²) < 4.78 is 53.7. The number of hydrogen-bond donors (Lipinski definition) is 0. The molecule has 0 aromatic heterocycles. The number of benzene rings is 2. The van der Waals surface area contributed by atoms with Gasteiger partial charge in [0.2, 0.25) is 5.75 Å². The summed E-state index contributed by atoms with van der Waals surface area (Å²) >= 11 is 0. The third-order valence-electron chi connectivity index (χ3n) is 3.65. The molecule has 0 aliphatic carbocycles. The highest BCUT2D eigenvalue weighted by atomic mass is 19.4. The lowest BCUT2D eigenvalue weighted by Gasteiger charge is -2.14. The van der Waals surface area contributed by atoms with Crippen molar-refractivity contribution in [2.24, 2.45) is 0 Å². The number of hydrogen-bond acceptors (Lipinski definition) is 4. The summed E-state index contributed by atoms with van der Waals surface area (Å²) in [5.41, 5.74) is 0.440. The maximum absolute atomic E-state index is 12.6. The normalized spacial score (nSPS) is 11.7. The van der Waals surface area contributed by atoms with Crippen molar-refractivity contribution in [3.63, 3.8) is 0 Å². The fourth-order valence-electron chi connectivity index (χ4n) is 2.35. The van der Waals surface area contributed by atoms with Crippen LogP contribution >= 0.6 is 0 Å². The minimum Gasteiger partial charge on any atom is -0.493 e. The van der Waals surface area contributed by atoms with Gasteiger partial charge in [0.15, 0.2) is 11.5 Å². The molecular weight excluding hydrogens is 347 g/mol. The van der Waals surface area contributed by atoms with Gasteiger partial charge in [-0.05, 0) is 41.5 Å². The molecule has 0 heterocycles. The number of allylic oxidation sites excluding steroid dienone is 1. The highest BCUT2D eigenvalue weighted by Gasteiger charge is 2.29. The molecule has 0 bridgehead atoms. The molecule has 0 atom stereocenters. The summed E-state index contributed by atoms with van der Waals surface area (Å²) in [4.78, 5) is 0. The van der Waals surface area contributed by atoms with E-state index in [4.69, 9.17) is 14.2 Å². The molecule has 0 radical (unpaired) electrons. The van der Waals surface area contributed by atoms with Gasteiger partial charge in [-0.2, -0.15) is 18.4 Å². The third-order valence-corrected chi connectivity index (χ3v) is 3.65. The van der Waals surface area contributed by atoms with E-state index >= 15 is 0 Å². The quantitative estimate of drug-likeness (QED) is 0.566. The second-order valence-corrected chi connectivity index (χ2v) is 5.20. The van der Waals surface area contributed by atoms with Gasteiger partial charge in [0, 0.05) is 0 Å². The molecule has 0 amide bonds. The Bertz CT molecular complexity index is 825. The maximum Gasteiger partial charge on any atom is 0.416 e. The van der Waals surface area contributed by atoms with Crippen molar-refractivity contribution in [2.75, 3.05) is 21.3 Å². The molecule has 7 heteroatoms. The Morgan fingerprint density at radius 1 is 0.962 bits per heavy atom. The number of rotatable bonds is 5. The fourth-order valence-corrected chi connectivity index (χ4v) is 2.35. The van der Waals surface area contributed by atoms with Crippen molar-refractivity contribution in [1.29, 1.82) is 5.26 Å². The van der Waals surface area contributed by atoms with Gasteiger partial charge < -0.3 is 14.2 Å². The Kier molecular flexibility index (Phi) is 5.78. The summed E-state index contributed by atoms with van der Waals surface area (Å²) in [6.07, 6.45) is -2.92. The standard InChI is InChI=1S/C19H16F3NO3/c1-24-16-9-13(10-17(25-2)18(16)26-3)14(11-23)8-12-4-6-15(7-5-12)19(20,21)22/h4-10H,1-3H3/b14-8+. The largest absolute Gasteiger partial charge is 0.493 e. The molecule has 136 valence electrons. The Hall–Kier alpha value is -3.14. The predicted molar refractivity (Wildman–Crippen MR) is 91.0 cm³/mol. The van der Waals surface area contributed by atoms with Gasteiger partial charge in [0.25, 0.3) is 0 Å². The lowest BCUT2D eigenvalue weighted by molar-refractivity contribution is -0.137. The van der Waals surface area contributed by atoms with E-state index in [-0.39, 0.29) is 5.57 Å². The van der Waals surface area contributed by atoms with E-state index in [1.807, 2.05) is 6.07 Å². The van der Waals surface area contributed by atoms with Gasteiger partial charge in [-0.15, -0.1) is 0 Å². The topological polar surface area (TPSA) is 51.5 Å². The summed E-state index contributed by atoms with van der Waals surface area (Å²) in [5, 5.41) is 9.47. The van der Waals surface area contributed by atoms with Gasteiger partial charge >= 0.3 is 6.18 Å². The Morgan fingerprint density at radius 3 is 1.88 bits per heavy atom. The Labute approximate surface area is 149 Å². The molecule has 0 N–H and O–H groups in total. The Morgan fingerprint density at radius 2 is 1.50 bits per heavy atom. The van der Waals surface area contributed by atoms with Crippen LogP contribution in [0.15, 0.2) is 36.4 Å². The highest BCUT2D eigenvalue weighted by Crippen LogP contribution is 2.40. The minimum absolute atomic E-state index is 0.240. The molecular formula is C19H16F3NO3. The van der Waals surface area contributed by atoms with Crippen molar-refractivity contribution in [2.45, 2.75) is 6.18 Å². The smallest absolute Gasteiger partial charge is 0.416 e. The molecule has 0 unspecified atom stereocenters. The van der Waals surface area contributed by atoms with Crippen LogP contribution in [-0.2, 0) is 6.18 Å². The lowest BCUT2D eigenvalue weighted by Crippen LogP contribution is -2.04. The number of nitrogens with zero attached hydrogens (tertiary/aromatic N) is 1. The predicted octanol–water partition coefficient (Wildman–Crippen LogP) is 4.80. The van der Waals surface area contributed by atoms with E-state index in [1.165, 1.54) is 39.5 Å². The molecule has 4 nitrogen and oxygen atoms in total. The van der Waals surface area contributed by atoms with E-state index in [2.05, 4.69) is 0 Å². The van der Waals surface area contributed by atoms with E-state index in [9.17, 15) is 18.4 Å². The van der Waals surface area contributed by atoms with Gasteiger partial charge in [-0.1, -0.05) is 12.1 Å². The molecule has 2 aromatic rings. The van der Waals surface area contributed by atoms with Crippen molar-refractivity contribution in [3.05, 3.63) is 53.1 Å². The summed E-state index contributed by atoms with van der Waals surface area (Å²) in [5.74, 6) is 1.12. The molecule has 0 fully saturated rings. The van der Waals surface area contributed by atoms with Crippen LogP contribution in [0.4, 0.5) is 13.2 Å². The maximum atomic E-state index is 12.6. The van der Waals surface area contributed by atoms with Crippen molar-refractivity contribution in [1.82, 2.24) is 0 Å². The fraction of sp³-hybridized carbons (Fsp3) is 0.211. The molecule has 0 aliphatic rings. The number of methoxy groups -OCH3 is 3. The zero-order valence-electron chi connectivity index (χ0n) is 14.3. The van der Waals surface area contributed by atoms with Crippen molar-refractivity contribution >= 4 is 11.6 Å². The van der Waals surface area contributed by atoms with Gasteiger partial charge in [0.1, 0.15) is 0 Å². The first-order valence-corrected chi connectivity index (χ1v) is 7.43. The van der Waals surface area contributed by atoms with Gasteiger partial charge in [0.05, 0.1) is 38.5 Å². The number of alkyl halides is 3. The van der Waals surface area contributed by atoms with E-state index in [0.717, 1.165) is 12.1 Å². The molecule has 0 saturated carbocycles. The average Bonchev–Trinajstić information content (AvgIpc) is 2.64. The monoisotopic (exact) mass is 363 g/mol. The second-order valence-electron chi connectivity index (χ2n) is 5.20. The molecule has 2 aromatic carbocycles.